The van der Waals surface area contributed by atoms with E-state index in [-0.39, 0.29) is 30.6 Å². The van der Waals surface area contributed by atoms with Gasteiger partial charge in [-0.25, -0.2) is 9.67 Å². The van der Waals surface area contributed by atoms with Crippen molar-refractivity contribution in [3.8, 4) is 11.1 Å². The third-order valence-corrected chi connectivity index (χ3v) is 9.22. The highest BCUT2D eigenvalue weighted by Crippen LogP contribution is 2.30. The second kappa shape index (κ2) is 16.0. The lowest BCUT2D eigenvalue weighted by molar-refractivity contribution is -0.118. The zero-order valence-corrected chi connectivity index (χ0v) is 29.1. The summed E-state index contributed by atoms with van der Waals surface area (Å²) in [6.45, 7) is 15.4. The maximum atomic E-state index is 15.5. The third-order valence-electron chi connectivity index (χ3n) is 7.08. The fourth-order valence-electron chi connectivity index (χ4n) is 4.76. The number of nitrogens with one attached hydrogen (secondary N) is 2. The van der Waals surface area contributed by atoms with Crippen LogP contribution >= 0.6 is 23.2 Å². The first-order chi connectivity index (χ1) is 20.7. The second-order valence-electron chi connectivity index (χ2n) is 12.2. The Labute approximate surface area is 270 Å². The summed E-state index contributed by atoms with van der Waals surface area (Å²) in [6, 6.07) is 4.75. The zero-order chi connectivity index (χ0) is 32.6. The molecule has 0 aliphatic heterocycles. The molecule has 14 heteroatoms. The molecule has 0 spiro atoms. The Morgan fingerprint density at radius 3 is 2.48 bits per heavy atom. The maximum absolute atomic E-state index is 15.5. The number of carbonyl (C=O) groups excluding carboxylic acids is 2. The number of halogens is 3. The average Bonchev–Trinajstić information content (AvgIpc) is 3.55. The lowest BCUT2D eigenvalue weighted by Crippen LogP contribution is -2.44. The molecular weight excluding hydrogens is 624 g/mol. The van der Waals surface area contributed by atoms with Crippen LogP contribution in [0, 0.1) is 12.9 Å². The van der Waals surface area contributed by atoms with Gasteiger partial charge in [-0.2, -0.15) is 14.6 Å². The standard InChI is InChI=1S/C30H44Cl2FN7O3Si/c1-8-23-27(20(4)38-39(23)18-43-16-17-44(5,6)7)21-12-13-26(36-28(21)33)37-29(41)22(10-9-11-25(31)32)35-30(42)24-14-15-34-40(24)19(2)3/h12-15,19,22,25H,8-11,16-18H2,1-7H3,(H,35,42)(H,36,37,41)/t22-/m0/s1. The summed E-state index contributed by atoms with van der Waals surface area (Å²) in [5.74, 6) is -1.72. The lowest BCUT2D eigenvalue weighted by atomic mass is 10.0. The third kappa shape index (κ3) is 9.85. The van der Waals surface area contributed by atoms with Crippen molar-refractivity contribution in [2.75, 3.05) is 11.9 Å². The first-order valence-electron chi connectivity index (χ1n) is 15.0. The molecule has 1 atom stereocenters. The molecule has 0 bridgehead atoms. The fraction of sp³-hybridized carbons (Fsp3) is 0.567. The van der Waals surface area contributed by atoms with Crippen LogP contribution in [0.2, 0.25) is 25.7 Å². The highest BCUT2D eigenvalue weighted by atomic mass is 35.5. The number of hydrogen-bond acceptors (Lipinski definition) is 6. The molecule has 0 saturated carbocycles. The Hall–Kier alpha value is -2.80. The molecule has 0 fully saturated rings. The van der Waals surface area contributed by atoms with E-state index in [0.717, 1.165) is 11.7 Å². The average molecular weight is 669 g/mol. The minimum atomic E-state index is -1.22. The number of carbonyl (C=O) groups is 2. The van der Waals surface area contributed by atoms with Crippen molar-refractivity contribution in [2.45, 2.75) is 103 Å². The van der Waals surface area contributed by atoms with Gasteiger partial charge in [0.2, 0.25) is 11.9 Å². The van der Waals surface area contributed by atoms with Gasteiger partial charge >= 0.3 is 0 Å². The van der Waals surface area contributed by atoms with Crippen LogP contribution in [0.15, 0.2) is 24.4 Å². The molecule has 3 heterocycles. The SMILES string of the molecule is CCc1c(-c2ccc(NC(=O)[C@H](CCCC(Cl)Cl)NC(=O)c3ccnn3C(C)C)nc2F)c(C)nn1COCC[Si](C)(C)C. The number of amides is 2. The molecule has 0 unspecified atom stereocenters. The number of pyridine rings is 1. The largest absolute Gasteiger partial charge is 0.360 e. The minimum Gasteiger partial charge on any atom is -0.360 e. The Bertz CT molecular complexity index is 1420. The van der Waals surface area contributed by atoms with Gasteiger partial charge in [-0.15, -0.1) is 23.2 Å². The smallest absolute Gasteiger partial charge is 0.270 e. The van der Waals surface area contributed by atoms with E-state index in [1.165, 1.54) is 12.3 Å². The molecule has 0 saturated heterocycles. The molecule has 3 aromatic rings. The van der Waals surface area contributed by atoms with Crippen molar-refractivity contribution in [1.82, 2.24) is 29.9 Å². The van der Waals surface area contributed by atoms with Crippen LogP contribution in [-0.2, 0) is 22.7 Å². The van der Waals surface area contributed by atoms with Crippen LogP contribution in [-0.4, -0.2) is 61.9 Å². The monoisotopic (exact) mass is 667 g/mol. The van der Waals surface area contributed by atoms with Crippen LogP contribution in [0.25, 0.3) is 11.1 Å². The van der Waals surface area contributed by atoms with Crippen LogP contribution in [0.5, 0.6) is 0 Å². The van der Waals surface area contributed by atoms with Gasteiger partial charge in [0.1, 0.15) is 29.1 Å². The van der Waals surface area contributed by atoms with Gasteiger partial charge in [0, 0.05) is 43.7 Å². The molecule has 44 heavy (non-hydrogen) atoms. The van der Waals surface area contributed by atoms with Crippen molar-refractivity contribution >= 4 is 48.9 Å². The first-order valence-corrected chi connectivity index (χ1v) is 19.5. The van der Waals surface area contributed by atoms with E-state index in [4.69, 9.17) is 27.9 Å². The molecule has 3 rings (SSSR count). The number of aromatic nitrogens is 5. The quantitative estimate of drug-likeness (QED) is 0.0755. The summed E-state index contributed by atoms with van der Waals surface area (Å²) in [5, 5.41) is 14.2. The van der Waals surface area contributed by atoms with Crippen molar-refractivity contribution in [1.29, 1.82) is 0 Å². The van der Waals surface area contributed by atoms with Crippen LogP contribution in [0.4, 0.5) is 10.2 Å². The van der Waals surface area contributed by atoms with Crippen molar-refractivity contribution < 1.29 is 18.7 Å². The first kappa shape index (κ1) is 35.7. The van der Waals surface area contributed by atoms with E-state index in [9.17, 15) is 9.59 Å². The normalized spacial score (nSPS) is 12.6. The van der Waals surface area contributed by atoms with Crippen molar-refractivity contribution in [3.05, 3.63) is 47.4 Å². The zero-order valence-electron chi connectivity index (χ0n) is 26.6. The molecule has 0 aliphatic carbocycles. The molecule has 242 valence electrons. The van der Waals surface area contributed by atoms with E-state index >= 15 is 4.39 Å². The highest BCUT2D eigenvalue weighted by Gasteiger charge is 2.25. The summed E-state index contributed by atoms with van der Waals surface area (Å²) in [4.78, 5) is 29.8. The Balaban J connectivity index is 1.77. The molecule has 2 amide bonds. The van der Waals surface area contributed by atoms with Gasteiger partial charge < -0.3 is 15.4 Å². The number of hydrogen-bond donors (Lipinski definition) is 2. The number of alkyl halides is 2. The Morgan fingerprint density at radius 2 is 1.86 bits per heavy atom. The van der Waals surface area contributed by atoms with Gasteiger partial charge in [0.25, 0.3) is 5.91 Å². The molecule has 3 aromatic heterocycles. The van der Waals surface area contributed by atoms with Crippen LogP contribution in [0.1, 0.15) is 68.0 Å². The number of aryl methyl sites for hydroxylation is 1. The van der Waals surface area contributed by atoms with Gasteiger partial charge in [-0.05, 0) is 70.7 Å². The number of nitrogens with zero attached hydrogens (tertiary/aromatic N) is 5. The number of ether oxygens (including phenoxy) is 1. The van der Waals surface area contributed by atoms with Gasteiger partial charge in [-0.1, -0.05) is 26.6 Å². The van der Waals surface area contributed by atoms with E-state index in [1.807, 2.05) is 27.7 Å². The Morgan fingerprint density at radius 1 is 1.14 bits per heavy atom. The number of rotatable bonds is 16. The van der Waals surface area contributed by atoms with E-state index in [0.29, 0.717) is 42.8 Å². The predicted octanol–water partition coefficient (Wildman–Crippen LogP) is 6.76. The lowest BCUT2D eigenvalue weighted by Gasteiger charge is -2.19. The maximum Gasteiger partial charge on any atom is 0.270 e. The minimum absolute atomic E-state index is 0.0214. The fourth-order valence-corrected chi connectivity index (χ4v) is 5.83. The van der Waals surface area contributed by atoms with Crippen molar-refractivity contribution in [3.63, 3.8) is 0 Å². The van der Waals surface area contributed by atoms with Crippen LogP contribution in [0.3, 0.4) is 0 Å². The van der Waals surface area contributed by atoms with Crippen LogP contribution < -0.4 is 10.6 Å². The van der Waals surface area contributed by atoms with E-state index in [2.05, 4.69) is 45.5 Å². The predicted molar refractivity (Wildman–Crippen MR) is 175 cm³/mol. The summed E-state index contributed by atoms with van der Waals surface area (Å²) in [7, 11) is -1.22. The van der Waals surface area contributed by atoms with Gasteiger partial charge in [0.15, 0.2) is 0 Å². The topological polar surface area (TPSA) is 116 Å². The van der Waals surface area contributed by atoms with E-state index < -0.39 is 36.7 Å². The number of anilines is 1. The summed E-state index contributed by atoms with van der Waals surface area (Å²) in [5.41, 5.74) is 2.77. The molecule has 0 radical (unpaired) electrons. The summed E-state index contributed by atoms with van der Waals surface area (Å²) in [6.07, 6.45) is 3.33. The molecule has 10 nitrogen and oxygen atoms in total. The van der Waals surface area contributed by atoms with Gasteiger partial charge in [-0.3, -0.25) is 14.3 Å². The second-order valence-corrected chi connectivity index (χ2v) is 19.1. The molecule has 0 aliphatic rings. The summed E-state index contributed by atoms with van der Waals surface area (Å²) < 4.78 is 24.7. The summed E-state index contributed by atoms with van der Waals surface area (Å²) >= 11 is 11.8. The highest BCUT2D eigenvalue weighted by molar-refractivity contribution is 6.76. The van der Waals surface area contributed by atoms with E-state index in [1.54, 1.807) is 21.5 Å². The van der Waals surface area contributed by atoms with Gasteiger partial charge in [0.05, 0.1) is 5.69 Å². The molecule has 2 N–H and O–H groups in total. The molecule has 0 aromatic carbocycles. The van der Waals surface area contributed by atoms with Crippen molar-refractivity contribution in [2.24, 2.45) is 0 Å². The Kier molecular flexibility index (Phi) is 12.9. The molecular formula is C30H44Cl2FN7O3Si.